The number of amides is 1. The molecule has 0 saturated carbocycles. The van der Waals surface area contributed by atoms with Crippen LogP contribution in [0.5, 0.6) is 0 Å². The number of thiazole rings is 1. The molecule has 3 aromatic rings. The van der Waals surface area contributed by atoms with Crippen molar-refractivity contribution < 1.29 is 4.79 Å². The van der Waals surface area contributed by atoms with Crippen molar-refractivity contribution in [2.75, 3.05) is 32.1 Å². The van der Waals surface area contributed by atoms with Gasteiger partial charge in [-0.2, -0.15) is 0 Å². The van der Waals surface area contributed by atoms with Gasteiger partial charge in [-0.3, -0.25) is 9.69 Å². The highest BCUT2D eigenvalue weighted by Gasteiger charge is 2.21. The van der Waals surface area contributed by atoms with E-state index in [0.717, 1.165) is 31.9 Å². The van der Waals surface area contributed by atoms with Gasteiger partial charge in [0.2, 0.25) is 0 Å². The molecule has 0 atom stereocenters. The van der Waals surface area contributed by atoms with Crippen molar-refractivity contribution in [1.29, 1.82) is 0 Å². The summed E-state index contributed by atoms with van der Waals surface area (Å²) < 4.78 is 2.08. The van der Waals surface area contributed by atoms with Gasteiger partial charge in [-0.1, -0.05) is 33.3 Å². The van der Waals surface area contributed by atoms with Crippen LogP contribution in [0.4, 0.5) is 5.13 Å². The number of rotatable bonds is 5. The minimum Gasteiger partial charge on any atom is -0.308 e. The average Bonchev–Trinajstić information content (AvgIpc) is 2.99. The Labute approximate surface area is 166 Å². The zero-order chi connectivity index (χ0) is 18.8. The molecule has 0 N–H and O–H groups in total. The Kier molecular flexibility index (Phi) is 5.75. The van der Waals surface area contributed by atoms with Crippen LogP contribution in [0.3, 0.4) is 0 Å². The van der Waals surface area contributed by atoms with Crippen molar-refractivity contribution in [1.82, 2.24) is 9.88 Å². The lowest BCUT2D eigenvalue weighted by molar-refractivity contribution is 0.0985. The summed E-state index contributed by atoms with van der Waals surface area (Å²) in [5.41, 5.74) is 3.92. The van der Waals surface area contributed by atoms with Crippen molar-refractivity contribution in [3.8, 4) is 0 Å². The first kappa shape index (κ1) is 19.0. The van der Waals surface area contributed by atoms with E-state index in [2.05, 4.69) is 27.8 Å². The van der Waals surface area contributed by atoms with Crippen LogP contribution < -0.4 is 4.90 Å². The smallest absolute Gasteiger partial charge is 0.260 e. The number of carbonyl (C=O) groups excluding carboxylic acids is 1. The summed E-state index contributed by atoms with van der Waals surface area (Å²) in [7, 11) is 4.02. The van der Waals surface area contributed by atoms with E-state index in [1.807, 2.05) is 57.4 Å². The largest absolute Gasteiger partial charge is 0.308 e. The van der Waals surface area contributed by atoms with Gasteiger partial charge in [0.25, 0.3) is 5.91 Å². The lowest BCUT2D eigenvalue weighted by Crippen LogP contribution is -2.36. The molecule has 6 heteroatoms. The van der Waals surface area contributed by atoms with E-state index in [1.54, 1.807) is 16.2 Å². The molecule has 1 aromatic heterocycles. The van der Waals surface area contributed by atoms with E-state index in [4.69, 9.17) is 4.98 Å². The number of hydrogen-bond donors (Lipinski definition) is 0. The maximum Gasteiger partial charge on any atom is 0.260 e. The Hall–Kier alpha value is -1.76. The summed E-state index contributed by atoms with van der Waals surface area (Å²) in [6, 6.07) is 11.9. The van der Waals surface area contributed by atoms with Crippen LogP contribution >= 0.6 is 27.3 Å². The number of nitrogens with zero attached hydrogens (tertiary/aromatic N) is 3. The highest BCUT2D eigenvalue weighted by Crippen LogP contribution is 2.31. The third-order valence-electron chi connectivity index (χ3n) is 4.34. The van der Waals surface area contributed by atoms with Crippen molar-refractivity contribution in [3.63, 3.8) is 0 Å². The van der Waals surface area contributed by atoms with E-state index in [1.165, 1.54) is 5.56 Å². The standard InChI is InChI=1S/C20H22BrN3OS/c1-13-5-6-15(11-14(13)2)19(25)24(10-9-23(3)4)20-22-17-8-7-16(21)12-18(17)26-20/h5-8,11-12H,9-10H2,1-4H3. The van der Waals surface area contributed by atoms with Crippen LogP contribution in [0.1, 0.15) is 21.5 Å². The number of benzene rings is 2. The Morgan fingerprint density at radius 2 is 1.85 bits per heavy atom. The zero-order valence-electron chi connectivity index (χ0n) is 15.4. The first-order valence-corrected chi connectivity index (χ1v) is 10.1. The molecule has 0 spiro atoms. The molecule has 0 aliphatic heterocycles. The average molecular weight is 432 g/mol. The third-order valence-corrected chi connectivity index (χ3v) is 5.87. The first-order valence-electron chi connectivity index (χ1n) is 8.45. The Balaban J connectivity index is 1.99. The highest BCUT2D eigenvalue weighted by molar-refractivity contribution is 9.10. The summed E-state index contributed by atoms with van der Waals surface area (Å²) in [6.07, 6.45) is 0. The second kappa shape index (κ2) is 7.86. The lowest BCUT2D eigenvalue weighted by Gasteiger charge is -2.22. The van der Waals surface area contributed by atoms with Gasteiger partial charge in [-0.15, -0.1) is 0 Å². The first-order chi connectivity index (χ1) is 12.3. The molecule has 0 aliphatic carbocycles. The van der Waals surface area contributed by atoms with Gasteiger partial charge in [0.15, 0.2) is 5.13 Å². The second-order valence-electron chi connectivity index (χ2n) is 6.67. The third kappa shape index (κ3) is 4.14. The quantitative estimate of drug-likeness (QED) is 0.577. The summed E-state index contributed by atoms with van der Waals surface area (Å²) in [6.45, 7) is 5.46. The molecular weight excluding hydrogens is 410 g/mol. The van der Waals surface area contributed by atoms with Crippen molar-refractivity contribution in [2.45, 2.75) is 13.8 Å². The molecule has 2 aromatic carbocycles. The van der Waals surface area contributed by atoms with Gasteiger partial charge in [-0.05, 0) is 69.4 Å². The number of carbonyl (C=O) groups is 1. The highest BCUT2D eigenvalue weighted by atomic mass is 79.9. The van der Waals surface area contributed by atoms with Crippen LogP contribution in [0, 0.1) is 13.8 Å². The van der Waals surface area contributed by atoms with Crippen LogP contribution in [0.25, 0.3) is 10.2 Å². The number of likely N-dealkylation sites (N-methyl/N-ethyl adjacent to an activating group) is 1. The molecule has 1 heterocycles. The fourth-order valence-electron chi connectivity index (χ4n) is 2.62. The number of anilines is 1. The van der Waals surface area contributed by atoms with E-state index in [0.29, 0.717) is 12.1 Å². The molecule has 0 saturated heterocycles. The van der Waals surface area contributed by atoms with E-state index in [9.17, 15) is 4.79 Å². The SMILES string of the molecule is Cc1ccc(C(=O)N(CCN(C)C)c2nc3ccc(Br)cc3s2)cc1C. The van der Waals surface area contributed by atoms with Gasteiger partial charge < -0.3 is 4.90 Å². The van der Waals surface area contributed by atoms with Gasteiger partial charge in [0, 0.05) is 23.1 Å². The summed E-state index contributed by atoms with van der Waals surface area (Å²) in [4.78, 5) is 21.8. The van der Waals surface area contributed by atoms with Crippen molar-refractivity contribution in [2.24, 2.45) is 0 Å². The fourth-order valence-corrected chi connectivity index (χ4v) is 4.16. The molecule has 0 aliphatic rings. The second-order valence-corrected chi connectivity index (χ2v) is 8.59. The van der Waals surface area contributed by atoms with Crippen molar-refractivity contribution in [3.05, 3.63) is 57.6 Å². The van der Waals surface area contributed by atoms with Gasteiger partial charge in [-0.25, -0.2) is 4.98 Å². The maximum absolute atomic E-state index is 13.2. The summed E-state index contributed by atoms with van der Waals surface area (Å²) in [5, 5.41) is 0.739. The van der Waals surface area contributed by atoms with E-state index in [-0.39, 0.29) is 5.91 Å². The maximum atomic E-state index is 13.2. The number of halogens is 1. The minimum atomic E-state index is -0.00641. The molecule has 3 rings (SSSR count). The summed E-state index contributed by atoms with van der Waals surface area (Å²) in [5.74, 6) is -0.00641. The molecule has 0 radical (unpaired) electrons. The topological polar surface area (TPSA) is 36.4 Å². The number of fused-ring (bicyclic) bond motifs is 1. The van der Waals surface area contributed by atoms with Gasteiger partial charge >= 0.3 is 0 Å². The van der Waals surface area contributed by atoms with E-state index < -0.39 is 0 Å². The van der Waals surface area contributed by atoms with Gasteiger partial charge in [0.05, 0.1) is 10.2 Å². The molecule has 136 valence electrons. The molecule has 4 nitrogen and oxygen atoms in total. The van der Waals surface area contributed by atoms with Gasteiger partial charge in [0.1, 0.15) is 0 Å². The Morgan fingerprint density at radius 1 is 1.08 bits per heavy atom. The molecule has 26 heavy (non-hydrogen) atoms. The molecule has 1 amide bonds. The van der Waals surface area contributed by atoms with Crippen LogP contribution in [0.2, 0.25) is 0 Å². The van der Waals surface area contributed by atoms with E-state index >= 15 is 0 Å². The Bertz CT molecular complexity index is 951. The number of hydrogen-bond acceptors (Lipinski definition) is 4. The molecule has 0 unspecified atom stereocenters. The summed E-state index contributed by atoms with van der Waals surface area (Å²) >= 11 is 5.05. The zero-order valence-corrected chi connectivity index (χ0v) is 17.8. The number of aryl methyl sites for hydroxylation is 2. The fraction of sp³-hybridized carbons (Fsp3) is 0.300. The lowest BCUT2D eigenvalue weighted by atomic mass is 10.1. The minimum absolute atomic E-state index is 0.00641. The van der Waals surface area contributed by atoms with Crippen LogP contribution in [-0.2, 0) is 0 Å². The monoisotopic (exact) mass is 431 g/mol. The normalized spacial score (nSPS) is 11.3. The van der Waals surface area contributed by atoms with Crippen LogP contribution in [-0.4, -0.2) is 43.0 Å². The molecular formula is C20H22BrN3OS. The molecule has 0 bridgehead atoms. The number of aromatic nitrogens is 1. The molecule has 0 fully saturated rings. The predicted molar refractivity (Wildman–Crippen MR) is 113 cm³/mol. The Morgan fingerprint density at radius 3 is 2.54 bits per heavy atom. The van der Waals surface area contributed by atoms with Crippen LogP contribution in [0.15, 0.2) is 40.9 Å². The van der Waals surface area contributed by atoms with Crippen molar-refractivity contribution >= 4 is 48.5 Å². The predicted octanol–water partition coefficient (Wildman–Crippen LogP) is 4.88.